The molecular weight excluding hydrogens is 526 g/mol. The van der Waals surface area contributed by atoms with E-state index in [4.69, 9.17) is 9.47 Å². The van der Waals surface area contributed by atoms with Gasteiger partial charge in [-0.25, -0.2) is 19.8 Å². The Balaban J connectivity index is 4.58. The molecule has 0 saturated carbocycles. The zero-order valence-electron chi connectivity index (χ0n) is 24.9. The van der Waals surface area contributed by atoms with Crippen molar-refractivity contribution in [1.29, 1.82) is 0 Å². The number of hydrogen-bond donors (Lipinski definition) is 6. The molecule has 14 nitrogen and oxygen atoms in total. The molecule has 0 aromatic carbocycles. The average Bonchev–Trinajstić information content (AvgIpc) is 2.77. The molecule has 0 aliphatic carbocycles. The summed E-state index contributed by atoms with van der Waals surface area (Å²) < 4.78 is 10.1. The Morgan fingerprint density at radius 3 is 1.80 bits per heavy atom. The molecule has 14 heteroatoms. The fraction of sp³-hybridized carbons (Fsp3) is 0.769. The molecule has 0 fully saturated rings. The second-order valence-electron chi connectivity index (χ2n) is 11.6. The van der Waals surface area contributed by atoms with Crippen LogP contribution in [0, 0.1) is 5.92 Å². The largest absolute Gasteiger partial charge is 0.480 e. The van der Waals surface area contributed by atoms with Crippen LogP contribution in [-0.4, -0.2) is 70.8 Å². The molecule has 0 bridgehead atoms. The monoisotopic (exact) mass is 573 g/mol. The van der Waals surface area contributed by atoms with Gasteiger partial charge in [-0.1, -0.05) is 13.8 Å². The highest BCUT2D eigenvalue weighted by atomic mass is 16.6. The molecule has 2 unspecified atom stereocenters. The van der Waals surface area contributed by atoms with Gasteiger partial charge in [0.2, 0.25) is 17.7 Å². The van der Waals surface area contributed by atoms with Crippen molar-refractivity contribution < 1.29 is 43.3 Å². The van der Waals surface area contributed by atoms with Crippen LogP contribution in [0.15, 0.2) is 0 Å². The van der Waals surface area contributed by atoms with Crippen LogP contribution < -0.4 is 26.8 Å². The van der Waals surface area contributed by atoms with E-state index in [2.05, 4.69) is 26.8 Å². The minimum absolute atomic E-state index is 0.0639. The number of carbonyl (C=O) groups is 6. The summed E-state index contributed by atoms with van der Waals surface area (Å²) in [6, 6.07) is -2.15. The number of alkyl carbamates (subject to hydrolysis) is 1. The lowest BCUT2D eigenvalue weighted by molar-refractivity contribution is -0.142. The van der Waals surface area contributed by atoms with Crippen molar-refractivity contribution in [2.75, 3.05) is 6.54 Å². The highest BCUT2D eigenvalue weighted by Gasteiger charge is 2.28. The van der Waals surface area contributed by atoms with E-state index in [-0.39, 0.29) is 38.1 Å². The lowest BCUT2D eigenvalue weighted by atomic mass is 10.0. The van der Waals surface area contributed by atoms with Crippen LogP contribution in [0.25, 0.3) is 0 Å². The third kappa shape index (κ3) is 18.6. The van der Waals surface area contributed by atoms with Crippen LogP contribution in [-0.2, 0) is 28.7 Å². The molecule has 0 spiro atoms. The molecule has 0 aliphatic heterocycles. The van der Waals surface area contributed by atoms with Crippen molar-refractivity contribution in [3.05, 3.63) is 0 Å². The summed E-state index contributed by atoms with van der Waals surface area (Å²) in [6.45, 7) is 14.0. The van der Waals surface area contributed by atoms with Crippen LogP contribution >= 0.6 is 0 Å². The van der Waals surface area contributed by atoms with Crippen molar-refractivity contribution >= 4 is 35.9 Å². The number of amides is 5. The average molecular weight is 574 g/mol. The van der Waals surface area contributed by atoms with E-state index in [9.17, 15) is 33.9 Å². The molecule has 0 radical (unpaired) electrons. The Bertz CT molecular complexity index is 879. The Kier molecular flexibility index (Phi) is 15.6. The van der Waals surface area contributed by atoms with Crippen molar-refractivity contribution in [1.82, 2.24) is 26.8 Å². The maximum absolute atomic E-state index is 12.8. The summed E-state index contributed by atoms with van der Waals surface area (Å²) in [4.78, 5) is 72.0. The van der Waals surface area contributed by atoms with Crippen LogP contribution in [0.5, 0.6) is 0 Å². The molecule has 0 aromatic heterocycles. The summed E-state index contributed by atoms with van der Waals surface area (Å²) >= 11 is 0. The van der Waals surface area contributed by atoms with Crippen LogP contribution in [0.2, 0.25) is 0 Å². The molecule has 5 amide bonds. The molecule has 230 valence electrons. The van der Waals surface area contributed by atoms with Gasteiger partial charge in [0, 0.05) is 19.4 Å². The fourth-order valence-electron chi connectivity index (χ4n) is 3.17. The number of nitrogens with one attached hydrogen (secondary N) is 5. The van der Waals surface area contributed by atoms with E-state index >= 15 is 0 Å². The molecule has 0 aromatic rings. The fourth-order valence-corrected chi connectivity index (χ4v) is 3.17. The predicted molar refractivity (Wildman–Crippen MR) is 146 cm³/mol. The number of hydrogen-bond acceptors (Lipinski definition) is 8. The standard InChI is InChI=1S/C26H47N5O9/c1-16(2)20(29-18(32)13-11-14-19(33)30-31-24(38)40-26(6,7)8)21(34)28-17(22(35)36)12-9-10-15-27-23(37)39-25(3,4)5/h16-17,20H,9-15H2,1-8H3,(H,27,37)(H,28,34)(H,29,32)(H,30,33)(H,31,38)(H,35,36). The number of aliphatic carboxylic acids is 1. The minimum atomic E-state index is -1.21. The second-order valence-corrected chi connectivity index (χ2v) is 11.6. The number of unbranched alkanes of at least 4 members (excludes halogenated alkanes) is 1. The van der Waals surface area contributed by atoms with E-state index < -0.39 is 59.2 Å². The molecule has 6 N–H and O–H groups in total. The minimum Gasteiger partial charge on any atom is -0.480 e. The first-order chi connectivity index (χ1) is 18.3. The summed E-state index contributed by atoms with van der Waals surface area (Å²) in [6.07, 6.45) is -0.349. The number of carboxylic acids is 1. The molecule has 0 aliphatic rings. The van der Waals surface area contributed by atoms with Crippen molar-refractivity contribution in [2.24, 2.45) is 5.92 Å². The van der Waals surface area contributed by atoms with E-state index in [1.54, 1.807) is 55.4 Å². The van der Waals surface area contributed by atoms with Gasteiger partial charge in [-0.2, -0.15) is 0 Å². The predicted octanol–water partition coefficient (Wildman–Crippen LogP) is 2.12. The normalized spacial score (nSPS) is 12.9. The van der Waals surface area contributed by atoms with Gasteiger partial charge in [-0.05, 0) is 73.1 Å². The zero-order valence-corrected chi connectivity index (χ0v) is 24.9. The van der Waals surface area contributed by atoms with Crippen molar-refractivity contribution in [2.45, 2.75) is 117 Å². The van der Waals surface area contributed by atoms with Crippen LogP contribution in [0.3, 0.4) is 0 Å². The quantitative estimate of drug-likeness (QED) is 0.133. The molecular formula is C26H47N5O9. The highest BCUT2D eigenvalue weighted by Crippen LogP contribution is 2.09. The first kappa shape index (κ1) is 36.4. The first-order valence-corrected chi connectivity index (χ1v) is 13.4. The maximum Gasteiger partial charge on any atom is 0.426 e. The maximum atomic E-state index is 12.8. The third-order valence-electron chi connectivity index (χ3n) is 4.98. The highest BCUT2D eigenvalue weighted by molar-refractivity contribution is 5.90. The number of rotatable bonds is 14. The Hall–Kier alpha value is -3.58. The topological polar surface area (TPSA) is 201 Å². The number of carbonyl (C=O) groups excluding carboxylic acids is 5. The van der Waals surface area contributed by atoms with E-state index in [1.165, 1.54) is 0 Å². The molecule has 0 rings (SSSR count). The molecule has 0 saturated heterocycles. The van der Waals surface area contributed by atoms with Gasteiger partial charge >= 0.3 is 18.2 Å². The van der Waals surface area contributed by atoms with Gasteiger partial charge in [0.25, 0.3) is 0 Å². The van der Waals surface area contributed by atoms with Gasteiger partial charge in [0.15, 0.2) is 0 Å². The molecule has 0 heterocycles. The van der Waals surface area contributed by atoms with Crippen LogP contribution in [0.1, 0.15) is 93.9 Å². The number of ether oxygens (including phenoxy) is 2. The van der Waals surface area contributed by atoms with Gasteiger partial charge in [-0.3, -0.25) is 19.8 Å². The second kappa shape index (κ2) is 17.2. The summed E-state index contributed by atoms with van der Waals surface area (Å²) in [5.74, 6) is -3.20. The number of carboxylic acid groups (broad SMARTS) is 1. The lowest BCUT2D eigenvalue weighted by Crippen LogP contribution is -2.53. The lowest BCUT2D eigenvalue weighted by Gasteiger charge is -2.24. The Morgan fingerprint density at radius 1 is 0.725 bits per heavy atom. The van der Waals surface area contributed by atoms with E-state index in [1.807, 2.05) is 0 Å². The molecule has 2 atom stereocenters. The van der Waals surface area contributed by atoms with Crippen molar-refractivity contribution in [3.8, 4) is 0 Å². The smallest absolute Gasteiger partial charge is 0.426 e. The van der Waals surface area contributed by atoms with Gasteiger partial charge in [-0.15, -0.1) is 0 Å². The Labute approximate surface area is 236 Å². The van der Waals surface area contributed by atoms with E-state index in [0.717, 1.165) is 0 Å². The summed E-state index contributed by atoms with van der Waals surface area (Å²) in [7, 11) is 0. The van der Waals surface area contributed by atoms with Gasteiger partial charge < -0.3 is 30.5 Å². The van der Waals surface area contributed by atoms with Gasteiger partial charge in [0.1, 0.15) is 23.3 Å². The summed E-state index contributed by atoms with van der Waals surface area (Å²) in [5.41, 5.74) is 2.95. The number of hydrazine groups is 1. The van der Waals surface area contributed by atoms with Crippen molar-refractivity contribution in [3.63, 3.8) is 0 Å². The SMILES string of the molecule is CC(C)C(NC(=O)CCCC(=O)NNC(=O)OC(C)(C)C)C(=O)NC(CCCCNC(=O)OC(C)(C)C)C(=O)O. The third-order valence-corrected chi connectivity index (χ3v) is 4.98. The van der Waals surface area contributed by atoms with E-state index in [0.29, 0.717) is 12.8 Å². The van der Waals surface area contributed by atoms with Crippen LogP contribution in [0.4, 0.5) is 9.59 Å². The summed E-state index contributed by atoms with van der Waals surface area (Å²) in [5, 5.41) is 17.2. The Morgan fingerprint density at radius 2 is 1.27 bits per heavy atom. The first-order valence-electron chi connectivity index (χ1n) is 13.4. The molecule has 40 heavy (non-hydrogen) atoms. The zero-order chi connectivity index (χ0) is 31.1. The van der Waals surface area contributed by atoms with Gasteiger partial charge in [0.05, 0.1) is 0 Å².